The second-order valence-electron chi connectivity index (χ2n) is 11.3. The molecule has 0 bridgehead atoms. The third kappa shape index (κ3) is 14.1. The van der Waals surface area contributed by atoms with E-state index < -0.39 is 62.2 Å². The first-order valence-corrected chi connectivity index (χ1v) is 16.7. The molecule has 2 aromatic rings. The number of phosphoric ester groups is 1. The van der Waals surface area contributed by atoms with Gasteiger partial charge in [-0.2, -0.15) is 0 Å². The van der Waals surface area contributed by atoms with Crippen LogP contribution >= 0.6 is 7.82 Å². The van der Waals surface area contributed by atoms with Gasteiger partial charge in [0.2, 0.25) is 6.04 Å². The number of carboxylic acid groups (broad SMARTS) is 4. The maximum atomic E-state index is 12.8. The van der Waals surface area contributed by atoms with Crippen LogP contribution in [0, 0.1) is 12.3 Å². The molecule has 0 amide bonds. The lowest BCUT2D eigenvalue weighted by molar-refractivity contribution is -0.151. The molecule has 0 saturated heterocycles. The number of ether oxygens (including phenoxy) is 2. The molecule has 0 aromatic heterocycles. The number of phosphoric acid groups is 1. The van der Waals surface area contributed by atoms with Crippen molar-refractivity contribution >= 4 is 31.7 Å². The first-order valence-electron chi connectivity index (χ1n) is 15.2. The number of nitrogens with one attached hydrogen (secondary N) is 1. The van der Waals surface area contributed by atoms with Crippen molar-refractivity contribution < 1.29 is 67.6 Å². The minimum absolute atomic E-state index is 0.00363. The fourth-order valence-electron chi connectivity index (χ4n) is 5.15. The Bertz CT molecular complexity index is 1360. The standard InChI is InChI=1S/C32H44N2O14P/c1-32(23-6-10-25(45-2)11-7-23,24-8-12-26(46-3)13-9-24)14-4-17-47-49(43,44)48-21-22(18-27(35)36)19-34(20-28(37)38)16-5-15-33-29(30(39)40)31(41)42/h6-13,18,22,29,33H,4-5,14-17,19-21H2,1-3H3,(H,35,36)(H,37,38)(H,39,40)(H,41,42)(H,43,44). The van der Waals surface area contributed by atoms with E-state index in [9.17, 15) is 38.8 Å². The van der Waals surface area contributed by atoms with Crippen molar-refractivity contribution in [2.24, 2.45) is 5.92 Å². The number of rotatable bonds is 25. The highest BCUT2D eigenvalue weighted by Gasteiger charge is 2.31. The summed E-state index contributed by atoms with van der Waals surface area (Å²) < 4.78 is 33.7. The van der Waals surface area contributed by atoms with Gasteiger partial charge in [-0.05, 0) is 67.7 Å². The van der Waals surface area contributed by atoms with E-state index in [-0.39, 0.29) is 32.7 Å². The number of hydrogen-bond donors (Lipinski definition) is 6. The first-order chi connectivity index (χ1) is 23.1. The van der Waals surface area contributed by atoms with Gasteiger partial charge in [-0.15, -0.1) is 0 Å². The summed E-state index contributed by atoms with van der Waals surface area (Å²) >= 11 is 0. The van der Waals surface area contributed by atoms with Crippen LogP contribution in [0.2, 0.25) is 0 Å². The molecular weight excluding hydrogens is 667 g/mol. The zero-order valence-electron chi connectivity index (χ0n) is 27.5. The molecule has 0 fully saturated rings. The average molecular weight is 712 g/mol. The maximum Gasteiger partial charge on any atom is 0.472 e. The Balaban J connectivity index is 2.02. The van der Waals surface area contributed by atoms with E-state index in [1.54, 1.807) is 14.2 Å². The lowest BCUT2D eigenvalue weighted by atomic mass is 9.73. The van der Waals surface area contributed by atoms with Crippen LogP contribution in [-0.2, 0) is 38.2 Å². The Morgan fingerprint density at radius 1 is 0.878 bits per heavy atom. The molecule has 49 heavy (non-hydrogen) atoms. The van der Waals surface area contributed by atoms with Crippen molar-refractivity contribution in [3.63, 3.8) is 0 Å². The summed E-state index contributed by atoms with van der Waals surface area (Å²) in [4.78, 5) is 56.7. The summed E-state index contributed by atoms with van der Waals surface area (Å²) in [5, 5.41) is 38.9. The quantitative estimate of drug-likeness (QED) is 0.0493. The van der Waals surface area contributed by atoms with E-state index in [0.29, 0.717) is 24.3 Å². The molecule has 0 aliphatic carbocycles. The second kappa shape index (κ2) is 19.8. The Kier molecular flexibility index (Phi) is 16.6. The molecule has 17 heteroatoms. The lowest BCUT2D eigenvalue weighted by Crippen LogP contribution is -2.44. The largest absolute Gasteiger partial charge is 0.497 e. The number of hydrogen-bond acceptors (Lipinski definition) is 11. The van der Waals surface area contributed by atoms with Crippen molar-refractivity contribution in [2.75, 3.05) is 53.6 Å². The molecule has 2 atom stereocenters. The molecule has 0 heterocycles. The molecule has 2 unspecified atom stereocenters. The number of nitrogens with zero attached hydrogens (tertiary/aromatic N) is 1. The maximum absolute atomic E-state index is 12.8. The van der Waals surface area contributed by atoms with Crippen LogP contribution in [0.4, 0.5) is 0 Å². The van der Waals surface area contributed by atoms with Gasteiger partial charge in [0.05, 0.1) is 40.4 Å². The van der Waals surface area contributed by atoms with Crippen LogP contribution < -0.4 is 14.8 Å². The summed E-state index contributed by atoms with van der Waals surface area (Å²) in [6.07, 6.45) is 1.74. The predicted molar refractivity (Wildman–Crippen MR) is 175 cm³/mol. The highest BCUT2D eigenvalue weighted by atomic mass is 31.2. The van der Waals surface area contributed by atoms with E-state index >= 15 is 0 Å². The molecule has 2 aromatic carbocycles. The van der Waals surface area contributed by atoms with Crippen molar-refractivity contribution in [1.82, 2.24) is 10.2 Å². The van der Waals surface area contributed by atoms with Crippen molar-refractivity contribution in [1.29, 1.82) is 0 Å². The Morgan fingerprint density at radius 2 is 1.41 bits per heavy atom. The SMILES string of the molecule is COc1ccc(C(C)(CCCOP(=O)(O)OCC([CH]C(=O)O)CN(CCCNC(C(=O)O)C(=O)O)CC(=O)O)c2ccc(OC)cc2)cc1. The zero-order valence-corrected chi connectivity index (χ0v) is 28.4. The van der Waals surface area contributed by atoms with Crippen LogP contribution in [0.25, 0.3) is 0 Å². The third-order valence-corrected chi connectivity index (χ3v) is 8.69. The number of aliphatic carboxylic acids is 4. The number of carboxylic acids is 4. The zero-order chi connectivity index (χ0) is 36.6. The van der Waals surface area contributed by atoms with E-state index in [2.05, 4.69) is 5.32 Å². The Morgan fingerprint density at radius 3 is 1.86 bits per heavy atom. The van der Waals surface area contributed by atoms with Gasteiger partial charge in [0.1, 0.15) is 11.5 Å². The highest BCUT2D eigenvalue weighted by molar-refractivity contribution is 7.47. The molecule has 6 N–H and O–H groups in total. The van der Waals surface area contributed by atoms with Crippen molar-refractivity contribution in [3.05, 3.63) is 66.1 Å². The monoisotopic (exact) mass is 711 g/mol. The lowest BCUT2D eigenvalue weighted by Gasteiger charge is -2.31. The van der Waals surface area contributed by atoms with Gasteiger partial charge in [-0.3, -0.25) is 28.9 Å². The van der Waals surface area contributed by atoms with Gasteiger partial charge in [-0.1, -0.05) is 31.2 Å². The van der Waals surface area contributed by atoms with Gasteiger partial charge in [0, 0.05) is 17.9 Å². The third-order valence-electron chi connectivity index (χ3n) is 7.70. The number of methoxy groups -OCH3 is 2. The molecule has 1 radical (unpaired) electrons. The van der Waals surface area contributed by atoms with Crippen LogP contribution in [0.15, 0.2) is 48.5 Å². The van der Waals surface area contributed by atoms with Crippen molar-refractivity contribution in [2.45, 2.75) is 37.6 Å². The molecule has 2 rings (SSSR count). The molecular formula is C32H44N2O14P. The fraction of sp³-hybridized carbons (Fsp3) is 0.469. The minimum atomic E-state index is -4.67. The van der Waals surface area contributed by atoms with Crippen LogP contribution in [-0.4, -0.2) is 114 Å². The van der Waals surface area contributed by atoms with Crippen LogP contribution in [0.3, 0.4) is 0 Å². The second-order valence-corrected chi connectivity index (χ2v) is 12.8. The van der Waals surface area contributed by atoms with Crippen molar-refractivity contribution in [3.8, 4) is 11.5 Å². The van der Waals surface area contributed by atoms with E-state index in [1.165, 1.54) is 4.90 Å². The summed E-state index contributed by atoms with van der Waals surface area (Å²) in [6.45, 7) is 0.413. The van der Waals surface area contributed by atoms with Gasteiger partial charge in [0.15, 0.2) is 0 Å². The average Bonchev–Trinajstić information content (AvgIpc) is 3.04. The number of carbonyl (C=O) groups is 4. The Labute approximate surface area is 284 Å². The van der Waals surface area contributed by atoms with E-state index in [1.807, 2.05) is 55.5 Å². The topological polar surface area (TPSA) is 239 Å². The highest BCUT2D eigenvalue weighted by Crippen LogP contribution is 2.45. The summed E-state index contributed by atoms with van der Waals surface area (Å²) in [5.74, 6) is -5.48. The first kappa shape index (κ1) is 41.1. The molecule has 16 nitrogen and oxygen atoms in total. The molecule has 0 aliphatic heterocycles. The fourth-order valence-corrected chi connectivity index (χ4v) is 5.96. The van der Waals surface area contributed by atoms with Gasteiger partial charge in [0.25, 0.3) is 0 Å². The number of benzene rings is 2. The molecule has 0 aliphatic rings. The molecule has 0 saturated carbocycles. The predicted octanol–water partition coefficient (Wildman–Crippen LogP) is 2.73. The van der Waals surface area contributed by atoms with Gasteiger partial charge in [-0.25, -0.2) is 14.2 Å². The van der Waals surface area contributed by atoms with Gasteiger partial charge < -0.3 is 34.8 Å². The molecule has 0 spiro atoms. The normalized spacial score (nSPS) is 13.5. The van der Waals surface area contributed by atoms with Gasteiger partial charge >= 0.3 is 31.7 Å². The molecule has 271 valence electrons. The van der Waals surface area contributed by atoms with Crippen LogP contribution in [0.1, 0.15) is 37.3 Å². The summed E-state index contributed by atoms with van der Waals surface area (Å²) in [6, 6.07) is 13.3. The summed E-state index contributed by atoms with van der Waals surface area (Å²) in [7, 11) is -1.52. The van der Waals surface area contributed by atoms with E-state index in [4.69, 9.17) is 28.7 Å². The smallest absolute Gasteiger partial charge is 0.472 e. The minimum Gasteiger partial charge on any atom is -0.497 e. The van der Waals surface area contributed by atoms with E-state index in [0.717, 1.165) is 17.5 Å². The Hall–Kier alpha value is -4.05. The summed E-state index contributed by atoms with van der Waals surface area (Å²) in [5.41, 5.74) is 1.41. The van der Waals surface area contributed by atoms with Crippen LogP contribution in [0.5, 0.6) is 11.5 Å².